The third kappa shape index (κ3) is 5.89. The Morgan fingerprint density at radius 2 is 1.78 bits per heavy atom. The van der Waals surface area contributed by atoms with Gasteiger partial charge in [-0.05, 0) is 54.0 Å². The number of hydrogen-bond acceptors (Lipinski definition) is 6. The van der Waals surface area contributed by atoms with Crippen molar-refractivity contribution >= 4 is 39.6 Å². The van der Waals surface area contributed by atoms with E-state index in [0.29, 0.717) is 29.2 Å². The number of nitrogens with one attached hydrogen (secondary N) is 1. The summed E-state index contributed by atoms with van der Waals surface area (Å²) in [6.07, 6.45) is 1.58. The van der Waals surface area contributed by atoms with Crippen molar-refractivity contribution in [1.29, 1.82) is 0 Å². The second-order valence-corrected chi connectivity index (χ2v) is 8.78. The summed E-state index contributed by atoms with van der Waals surface area (Å²) in [5, 5.41) is 13.6. The smallest absolute Gasteiger partial charge is 0.329 e. The first-order valence-corrected chi connectivity index (χ1v) is 11.9. The third-order valence-corrected chi connectivity index (χ3v) is 5.84. The summed E-state index contributed by atoms with van der Waals surface area (Å²) in [5.74, 6) is 0.469. The highest BCUT2D eigenvalue weighted by molar-refractivity contribution is 9.10. The molecule has 9 nitrogen and oxygen atoms in total. The van der Waals surface area contributed by atoms with Crippen LogP contribution in [0.5, 0.6) is 11.5 Å². The van der Waals surface area contributed by atoms with Crippen LogP contribution in [0.2, 0.25) is 0 Å². The molecule has 0 spiro atoms. The summed E-state index contributed by atoms with van der Waals surface area (Å²) < 4.78 is 12.5. The van der Waals surface area contributed by atoms with Crippen LogP contribution < -0.4 is 14.8 Å². The van der Waals surface area contributed by atoms with Crippen LogP contribution in [0.1, 0.15) is 23.6 Å². The molecule has 0 unspecified atom stereocenters. The van der Waals surface area contributed by atoms with Crippen molar-refractivity contribution in [3.05, 3.63) is 104 Å². The SMILES string of the molecule is CCOc1cc(/C=C2/NC(=O)N(Cc3ccc(Br)cc3)C2=O)ccc1OCc1cccc([N+](=O)[O-])c1. The predicted molar refractivity (Wildman–Crippen MR) is 136 cm³/mol. The van der Waals surface area contributed by atoms with Crippen molar-refractivity contribution < 1.29 is 24.0 Å². The molecule has 0 aliphatic carbocycles. The van der Waals surface area contributed by atoms with Gasteiger partial charge in [-0.25, -0.2) is 4.79 Å². The first kappa shape index (κ1) is 24.9. The molecule has 3 aromatic carbocycles. The molecule has 0 radical (unpaired) electrons. The minimum Gasteiger partial charge on any atom is -0.490 e. The molecule has 4 rings (SSSR count). The highest BCUT2D eigenvalue weighted by Crippen LogP contribution is 2.31. The number of carbonyl (C=O) groups excluding carboxylic acids is 2. The lowest BCUT2D eigenvalue weighted by Gasteiger charge is -2.13. The summed E-state index contributed by atoms with van der Waals surface area (Å²) >= 11 is 3.37. The van der Waals surface area contributed by atoms with Gasteiger partial charge >= 0.3 is 6.03 Å². The van der Waals surface area contributed by atoms with Crippen LogP contribution in [0.3, 0.4) is 0 Å². The number of amides is 3. The number of nitro groups is 1. The van der Waals surface area contributed by atoms with Crippen LogP contribution in [0.25, 0.3) is 6.08 Å². The first-order valence-electron chi connectivity index (χ1n) is 11.1. The first-order chi connectivity index (χ1) is 17.3. The molecule has 0 atom stereocenters. The van der Waals surface area contributed by atoms with Gasteiger partial charge in [-0.3, -0.25) is 19.8 Å². The fourth-order valence-corrected chi connectivity index (χ4v) is 3.84. The van der Waals surface area contributed by atoms with E-state index in [4.69, 9.17) is 9.47 Å². The molecule has 3 aromatic rings. The van der Waals surface area contributed by atoms with Crippen LogP contribution in [0.15, 0.2) is 76.9 Å². The highest BCUT2D eigenvalue weighted by atomic mass is 79.9. The Labute approximate surface area is 215 Å². The topological polar surface area (TPSA) is 111 Å². The van der Waals surface area contributed by atoms with Crippen LogP contribution in [-0.2, 0) is 17.9 Å². The molecular weight excluding hydrogens is 530 g/mol. The number of ether oxygens (including phenoxy) is 2. The zero-order valence-electron chi connectivity index (χ0n) is 19.3. The van der Waals surface area contributed by atoms with Gasteiger partial charge in [-0.2, -0.15) is 0 Å². The Balaban J connectivity index is 1.49. The number of hydrogen-bond donors (Lipinski definition) is 1. The van der Waals surface area contributed by atoms with E-state index in [2.05, 4.69) is 21.2 Å². The molecular formula is C26H22BrN3O6. The van der Waals surface area contributed by atoms with Gasteiger partial charge in [0.1, 0.15) is 12.3 Å². The standard InChI is InChI=1S/C26H22BrN3O6/c1-2-35-24-14-18(8-11-23(24)36-16-19-4-3-5-21(12-19)30(33)34)13-22-25(31)29(26(32)28-22)15-17-6-9-20(27)10-7-17/h3-14H,2,15-16H2,1H3,(H,28,32)/b22-13+. The van der Waals surface area contributed by atoms with Gasteiger partial charge in [0.15, 0.2) is 11.5 Å². The van der Waals surface area contributed by atoms with E-state index in [1.807, 2.05) is 31.2 Å². The molecule has 3 amide bonds. The molecule has 0 bridgehead atoms. The van der Waals surface area contributed by atoms with E-state index in [0.717, 1.165) is 14.9 Å². The fourth-order valence-electron chi connectivity index (χ4n) is 3.58. The van der Waals surface area contributed by atoms with Gasteiger partial charge in [0.05, 0.1) is 18.1 Å². The van der Waals surface area contributed by atoms with Gasteiger partial charge in [0.25, 0.3) is 11.6 Å². The predicted octanol–water partition coefficient (Wildman–Crippen LogP) is 5.43. The third-order valence-electron chi connectivity index (χ3n) is 5.31. The Morgan fingerprint density at radius 3 is 2.50 bits per heavy atom. The molecule has 1 heterocycles. The van der Waals surface area contributed by atoms with Crippen LogP contribution in [-0.4, -0.2) is 28.4 Å². The molecule has 184 valence electrons. The lowest BCUT2D eigenvalue weighted by molar-refractivity contribution is -0.384. The van der Waals surface area contributed by atoms with Crippen molar-refractivity contribution in [1.82, 2.24) is 10.2 Å². The average Bonchev–Trinajstić information content (AvgIpc) is 3.12. The number of imide groups is 1. The summed E-state index contributed by atoms with van der Waals surface area (Å²) in [4.78, 5) is 37.0. The molecule has 1 aliphatic rings. The van der Waals surface area contributed by atoms with E-state index in [1.54, 1.807) is 36.4 Å². The number of benzene rings is 3. The summed E-state index contributed by atoms with van der Waals surface area (Å²) in [6.45, 7) is 2.48. The Morgan fingerprint density at radius 1 is 1.00 bits per heavy atom. The summed E-state index contributed by atoms with van der Waals surface area (Å²) in [7, 11) is 0. The van der Waals surface area contributed by atoms with Crippen LogP contribution >= 0.6 is 15.9 Å². The monoisotopic (exact) mass is 551 g/mol. The fraction of sp³-hybridized carbons (Fsp3) is 0.154. The van der Waals surface area contributed by atoms with Crippen molar-refractivity contribution in [2.24, 2.45) is 0 Å². The van der Waals surface area contributed by atoms with E-state index in [-0.39, 0.29) is 24.5 Å². The number of non-ortho nitro benzene ring substituents is 1. The number of carbonyl (C=O) groups is 2. The zero-order chi connectivity index (χ0) is 25.7. The molecule has 10 heteroatoms. The quantitative estimate of drug-likeness (QED) is 0.164. The number of nitro benzene ring substituents is 1. The van der Waals surface area contributed by atoms with Gasteiger partial charge in [-0.1, -0.05) is 46.3 Å². The highest BCUT2D eigenvalue weighted by Gasteiger charge is 2.33. The molecule has 1 fully saturated rings. The van der Waals surface area contributed by atoms with Gasteiger partial charge in [0.2, 0.25) is 0 Å². The molecule has 1 saturated heterocycles. The minimum atomic E-state index is -0.490. The zero-order valence-corrected chi connectivity index (χ0v) is 20.9. The van der Waals surface area contributed by atoms with Gasteiger partial charge < -0.3 is 14.8 Å². The molecule has 36 heavy (non-hydrogen) atoms. The summed E-state index contributed by atoms with van der Waals surface area (Å²) in [6, 6.07) is 18.2. The van der Waals surface area contributed by atoms with Crippen LogP contribution in [0, 0.1) is 10.1 Å². The van der Waals surface area contributed by atoms with Crippen LogP contribution in [0.4, 0.5) is 10.5 Å². The van der Waals surface area contributed by atoms with E-state index < -0.39 is 16.9 Å². The lowest BCUT2D eigenvalue weighted by Crippen LogP contribution is -2.30. The number of rotatable bonds is 9. The maximum absolute atomic E-state index is 12.9. The minimum absolute atomic E-state index is 0.0134. The number of halogens is 1. The number of nitrogens with zero attached hydrogens (tertiary/aromatic N) is 2. The maximum atomic E-state index is 12.9. The molecule has 1 N–H and O–H groups in total. The lowest BCUT2D eigenvalue weighted by atomic mass is 10.1. The Hall–Kier alpha value is -4.18. The van der Waals surface area contributed by atoms with Crippen molar-refractivity contribution in [3.63, 3.8) is 0 Å². The van der Waals surface area contributed by atoms with Crippen molar-refractivity contribution in [2.75, 3.05) is 6.61 Å². The number of urea groups is 1. The molecule has 1 aliphatic heterocycles. The second-order valence-electron chi connectivity index (χ2n) is 7.86. The van der Waals surface area contributed by atoms with E-state index >= 15 is 0 Å². The maximum Gasteiger partial charge on any atom is 0.329 e. The van der Waals surface area contributed by atoms with E-state index in [1.165, 1.54) is 12.1 Å². The summed E-state index contributed by atoms with van der Waals surface area (Å²) in [5.41, 5.74) is 2.25. The van der Waals surface area contributed by atoms with Gasteiger partial charge in [0, 0.05) is 16.6 Å². The van der Waals surface area contributed by atoms with Crippen molar-refractivity contribution in [2.45, 2.75) is 20.1 Å². The Kier molecular flexibility index (Phi) is 7.65. The second kappa shape index (κ2) is 11.0. The molecule has 0 saturated carbocycles. The molecule has 0 aromatic heterocycles. The largest absolute Gasteiger partial charge is 0.490 e. The average molecular weight is 552 g/mol. The van der Waals surface area contributed by atoms with Gasteiger partial charge in [-0.15, -0.1) is 0 Å². The normalized spacial score (nSPS) is 14.2. The van der Waals surface area contributed by atoms with E-state index in [9.17, 15) is 19.7 Å². The van der Waals surface area contributed by atoms with Crippen molar-refractivity contribution in [3.8, 4) is 11.5 Å². The Bertz CT molecular complexity index is 1340.